The third-order valence-electron chi connectivity index (χ3n) is 2.60. The Morgan fingerprint density at radius 1 is 1.56 bits per heavy atom. The van der Waals surface area contributed by atoms with Crippen LogP contribution in [0.1, 0.15) is 42.4 Å². The zero-order valence-electron chi connectivity index (χ0n) is 10.1. The first kappa shape index (κ1) is 13.2. The number of rotatable bonds is 4. The number of carbonyl (C=O) groups excluding carboxylic acids is 1. The lowest BCUT2D eigenvalue weighted by Crippen LogP contribution is -2.47. The number of alkyl halides is 1. The van der Waals surface area contributed by atoms with Crippen LogP contribution in [0.15, 0.2) is 4.42 Å². The van der Waals surface area contributed by atoms with Crippen LogP contribution < -0.4 is 5.32 Å². The number of nitrogens with zero attached hydrogens (tertiary/aromatic N) is 1. The first-order valence-electron chi connectivity index (χ1n) is 5.24. The topological polar surface area (TPSA) is 55.1 Å². The normalized spacial score (nSPS) is 14.6. The van der Waals surface area contributed by atoms with E-state index in [2.05, 4.69) is 26.2 Å². The molecule has 1 heterocycles. The van der Waals surface area contributed by atoms with Crippen LogP contribution in [0.25, 0.3) is 0 Å². The van der Waals surface area contributed by atoms with Crippen molar-refractivity contribution in [3.63, 3.8) is 0 Å². The van der Waals surface area contributed by atoms with Gasteiger partial charge in [0, 0.05) is 17.8 Å². The Labute approximate surface area is 104 Å². The van der Waals surface area contributed by atoms with Gasteiger partial charge in [-0.3, -0.25) is 4.79 Å². The van der Waals surface area contributed by atoms with E-state index in [0.29, 0.717) is 22.7 Å². The standard InChI is InChI=1S/C11H17BrN2O2/c1-5-11(4,6-12)14-10(15)9-7(2)13-8(3)16-9/h5-6H2,1-4H3,(H,14,15). The minimum atomic E-state index is -0.260. The van der Waals surface area contributed by atoms with Crippen molar-refractivity contribution in [3.05, 3.63) is 17.3 Å². The molecule has 0 aliphatic heterocycles. The summed E-state index contributed by atoms with van der Waals surface area (Å²) >= 11 is 3.40. The molecule has 90 valence electrons. The molecule has 0 bridgehead atoms. The second kappa shape index (κ2) is 4.99. The second-order valence-corrected chi connectivity index (χ2v) is 4.71. The van der Waals surface area contributed by atoms with Gasteiger partial charge < -0.3 is 9.73 Å². The molecule has 16 heavy (non-hydrogen) atoms. The van der Waals surface area contributed by atoms with Gasteiger partial charge >= 0.3 is 0 Å². The van der Waals surface area contributed by atoms with E-state index in [-0.39, 0.29) is 11.4 Å². The predicted octanol–water partition coefficient (Wildman–Crippen LogP) is 2.58. The minimum Gasteiger partial charge on any atom is -0.436 e. The molecule has 1 aromatic heterocycles. The number of aryl methyl sites for hydroxylation is 2. The van der Waals surface area contributed by atoms with Crippen LogP contribution in [0.3, 0.4) is 0 Å². The zero-order chi connectivity index (χ0) is 12.3. The summed E-state index contributed by atoms with van der Waals surface area (Å²) in [6, 6.07) is 0. The minimum absolute atomic E-state index is 0.207. The van der Waals surface area contributed by atoms with Gasteiger partial charge in [0.15, 0.2) is 5.89 Å². The van der Waals surface area contributed by atoms with Gasteiger partial charge in [-0.25, -0.2) is 4.98 Å². The summed E-state index contributed by atoms with van der Waals surface area (Å²) in [5.74, 6) is 0.611. The van der Waals surface area contributed by atoms with Crippen molar-refractivity contribution in [2.45, 2.75) is 39.7 Å². The first-order valence-corrected chi connectivity index (χ1v) is 6.36. The van der Waals surface area contributed by atoms with Gasteiger partial charge in [0.2, 0.25) is 5.76 Å². The second-order valence-electron chi connectivity index (χ2n) is 4.15. The SMILES string of the molecule is CCC(C)(CBr)NC(=O)c1oc(C)nc1C. The Kier molecular flexibility index (Phi) is 4.13. The lowest BCUT2D eigenvalue weighted by Gasteiger charge is -2.26. The zero-order valence-corrected chi connectivity index (χ0v) is 11.6. The van der Waals surface area contributed by atoms with Crippen LogP contribution in [0.2, 0.25) is 0 Å². The Hall–Kier alpha value is -0.840. The molecule has 5 heteroatoms. The van der Waals surface area contributed by atoms with Crippen molar-refractivity contribution in [2.24, 2.45) is 0 Å². The van der Waals surface area contributed by atoms with E-state index in [0.717, 1.165) is 6.42 Å². The van der Waals surface area contributed by atoms with Gasteiger partial charge in [0.05, 0.1) is 5.69 Å². The van der Waals surface area contributed by atoms with E-state index < -0.39 is 0 Å². The van der Waals surface area contributed by atoms with E-state index in [1.54, 1.807) is 13.8 Å². The molecule has 1 amide bonds. The Morgan fingerprint density at radius 3 is 2.56 bits per heavy atom. The van der Waals surface area contributed by atoms with Gasteiger partial charge in [0.25, 0.3) is 5.91 Å². The number of halogens is 1. The van der Waals surface area contributed by atoms with Crippen LogP contribution in [0.5, 0.6) is 0 Å². The first-order chi connectivity index (χ1) is 7.41. The van der Waals surface area contributed by atoms with E-state index in [9.17, 15) is 4.79 Å². The quantitative estimate of drug-likeness (QED) is 0.867. The monoisotopic (exact) mass is 288 g/mol. The molecule has 4 nitrogen and oxygen atoms in total. The molecule has 0 aromatic carbocycles. The maximum atomic E-state index is 11.9. The molecule has 1 atom stereocenters. The van der Waals surface area contributed by atoms with Crippen LogP contribution in [-0.2, 0) is 0 Å². The van der Waals surface area contributed by atoms with E-state index in [1.807, 2.05) is 13.8 Å². The van der Waals surface area contributed by atoms with Crippen molar-refractivity contribution in [2.75, 3.05) is 5.33 Å². The molecule has 1 N–H and O–H groups in total. The number of hydrogen-bond acceptors (Lipinski definition) is 3. The summed E-state index contributed by atoms with van der Waals surface area (Å²) in [6.07, 6.45) is 0.843. The van der Waals surface area contributed by atoms with Crippen molar-refractivity contribution in [3.8, 4) is 0 Å². The number of hydrogen-bond donors (Lipinski definition) is 1. The molecular formula is C11H17BrN2O2. The van der Waals surface area contributed by atoms with Crippen molar-refractivity contribution in [1.29, 1.82) is 0 Å². The molecule has 0 radical (unpaired) electrons. The largest absolute Gasteiger partial charge is 0.436 e. The number of aromatic nitrogens is 1. The fraction of sp³-hybridized carbons (Fsp3) is 0.636. The molecule has 1 aromatic rings. The third kappa shape index (κ3) is 2.84. The van der Waals surface area contributed by atoms with Crippen molar-refractivity contribution < 1.29 is 9.21 Å². The molecule has 0 aliphatic carbocycles. The van der Waals surface area contributed by atoms with Crippen LogP contribution >= 0.6 is 15.9 Å². The summed E-state index contributed by atoms with van der Waals surface area (Å²) < 4.78 is 5.27. The number of amides is 1. The van der Waals surface area contributed by atoms with Crippen LogP contribution in [0, 0.1) is 13.8 Å². The highest BCUT2D eigenvalue weighted by Gasteiger charge is 2.26. The summed E-state index contributed by atoms with van der Waals surface area (Å²) in [6.45, 7) is 7.51. The lowest BCUT2D eigenvalue weighted by molar-refractivity contribution is 0.0882. The molecule has 0 aliphatic rings. The van der Waals surface area contributed by atoms with Gasteiger partial charge in [-0.1, -0.05) is 22.9 Å². The lowest BCUT2D eigenvalue weighted by atomic mass is 10.0. The highest BCUT2D eigenvalue weighted by Crippen LogP contribution is 2.15. The summed E-state index contributed by atoms with van der Waals surface area (Å²) in [4.78, 5) is 16.0. The molecule has 1 unspecified atom stereocenters. The number of nitrogens with one attached hydrogen (secondary N) is 1. The van der Waals surface area contributed by atoms with Crippen molar-refractivity contribution >= 4 is 21.8 Å². The van der Waals surface area contributed by atoms with Gasteiger partial charge in [-0.15, -0.1) is 0 Å². The van der Waals surface area contributed by atoms with E-state index >= 15 is 0 Å². The molecular weight excluding hydrogens is 272 g/mol. The smallest absolute Gasteiger partial charge is 0.289 e. The molecule has 0 saturated heterocycles. The Morgan fingerprint density at radius 2 is 2.19 bits per heavy atom. The maximum Gasteiger partial charge on any atom is 0.289 e. The van der Waals surface area contributed by atoms with Crippen LogP contribution in [0.4, 0.5) is 0 Å². The summed E-state index contributed by atoms with van der Waals surface area (Å²) in [7, 11) is 0. The summed E-state index contributed by atoms with van der Waals surface area (Å²) in [5, 5.41) is 3.65. The maximum absolute atomic E-state index is 11.9. The fourth-order valence-electron chi connectivity index (χ4n) is 1.29. The third-order valence-corrected chi connectivity index (χ3v) is 3.84. The van der Waals surface area contributed by atoms with Crippen molar-refractivity contribution in [1.82, 2.24) is 10.3 Å². The molecule has 0 spiro atoms. The van der Waals surface area contributed by atoms with E-state index in [1.165, 1.54) is 0 Å². The fourth-order valence-corrected chi connectivity index (χ4v) is 1.83. The highest BCUT2D eigenvalue weighted by molar-refractivity contribution is 9.09. The van der Waals surface area contributed by atoms with Gasteiger partial charge in [0.1, 0.15) is 0 Å². The average Bonchev–Trinajstić information content (AvgIpc) is 2.57. The van der Waals surface area contributed by atoms with Crippen LogP contribution in [-0.4, -0.2) is 21.8 Å². The van der Waals surface area contributed by atoms with E-state index in [4.69, 9.17) is 4.42 Å². The highest BCUT2D eigenvalue weighted by atomic mass is 79.9. The Balaban J connectivity index is 2.84. The Bertz CT molecular complexity index is 383. The molecule has 0 saturated carbocycles. The average molecular weight is 289 g/mol. The van der Waals surface area contributed by atoms with Gasteiger partial charge in [-0.05, 0) is 20.3 Å². The molecule has 1 rings (SSSR count). The summed E-state index contributed by atoms with van der Waals surface area (Å²) in [5.41, 5.74) is 0.368. The number of carbonyl (C=O) groups is 1. The predicted molar refractivity (Wildman–Crippen MR) is 65.9 cm³/mol. The molecule has 0 fully saturated rings. The van der Waals surface area contributed by atoms with Gasteiger partial charge in [-0.2, -0.15) is 0 Å². The number of oxazole rings is 1.